The third-order valence-corrected chi connectivity index (χ3v) is 2.31. The molecule has 0 saturated carbocycles. The Morgan fingerprint density at radius 2 is 1.86 bits per heavy atom. The Kier molecular flexibility index (Phi) is 19.8. The Morgan fingerprint density at radius 3 is 2.50 bits per heavy atom. The summed E-state index contributed by atoms with van der Waals surface area (Å²) in [6, 6.07) is 0. The zero-order valence-electron chi connectivity index (χ0n) is 8.30. The van der Waals surface area contributed by atoms with Gasteiger partial charge in [0, 0.05) is 19.0 Å². The molecule has 0 bridgehead atoms. The Bertz CT molecular complexity index is 101. The molecule has 14 heavy (non-hydrogen) atoms. The van der Waals surface area contributed by atoms with Crippen molar-refractivity contribution in [3.05, 3.63) is 0 Å². The van der Waals surface area contributed by atoms with Crippen LogP contribution in [0.1, 0.15) is 12.8 Å². The molecule has 0 spiro atoms. The molecule has 0 aromatic heterocycles. The van der Waals surface area contributed by atoms with Crippen LogP contribution in [0.4, 0.5) is 0 Å². The van der Waals surface area contributed by atoms with Crippen molar-refractivity contribution in [1.82, 2.24) is 10.2 Å². The molecule has 1 aliphatic rings. The van der Waals surface area contributed by atoms with Crippen LogP contribution in [0.2, 0.25) is 0 Å². The molecule has 1 heterocycles. The van der Waals surface area contributed by atoms with E-state index < -0.39 is 0 Å². The largest absolute Gasteiger partial charge is 0.412 e. The topological polar surface area (TPSA) is 46.8 Å². The van der Waals surface area contributed by atoms with Crippen molar-refractivity contribution < 1.29 is 5.48 Å². The van der Waals surface area contributed by atoms with Crippen molar-refractivity contribution in [3.63, 3.8) is 0 Å². The third kappa shape index (κ3) is 9.31. The number of alkyl halides is 1. The zero-order chi connectivity index (χ0) is 7.94. The maximum atomic E-state index is 5.62. The summed E-state index contributed by atoms with van der Waals surface area (Å²) < 4.78 is 0. The summed E-state index contributed by atoms with van der Waals surface area (Å²) in [5.41, 5.74) is 0. The van der Waals surface area contributed by atoms with E-state index in [0.29, 0.717) is 0 Å². The van der Waals surface area contributed by atoms with E-state index in [9.17, 15) is 0 Å². The molecule has 0 aromatic rings. The first-order chi connectivity index (χ1) is 5.43. The standard InChI is InChI=1S/C8H17ClN2.2ClH.H2O/c9-3-1-6-11-7-2-4-10-5-8-11;;;/h10H,1-8H2;2*1H;1H2. The van der Waals surface area contributed by atoms with Gasteiger partial charge in [-0.2, -0.15) is 0 Å². The second-order valence-corrected chi connectivity index (χ2v) is 3.37. The number of hydrogen-bond acceptors (Lipinski definition) is 2. The quantitative estimate of drug-likeness (QED) is 0.774. The summed E-state index contributed by atoms with van der Waals surface area (Å²) in [6.45, 7) is 5.92. The van der Waals surface area contributed by atoms with Gasteiger partial charge >= 0.3 is 0 Å². The van der Waals surface area contributed by atoms with E-state index >= 15 is 0 Å². The van der Waals surface area contributed by atoms with Crippen molar-refractivity contribution in [3.8, 4) is 0 Å². The molecule has 3 nitrogen and oxygen atoms in total. The molecule has 1 fully saturated rings. The van der Waals surface area contributed by atoms with Gasteiger partial charge in [0.25, 0.3) is 0 Å². The lowest BCUT2D eigenvalue weighted by Gasteiger charge is -2.18. The molecule has 0 aliphatic carbocycles. The van der Waals surface area contributed by atoms with E-state index in [4.69, 9.17) is 11.6 Å². The van der Waals surface area contributed by atoms with Crippen LogP contribution >= 0.6 is 36.4 Å². The van der Waals surface area contributed by atoms with Gasteiger partial charge in [-0.05, 0) is 32.5 Å². The van der Waals surface area contributed by atoms with Gasteiger partial charge < -0.3 is 15.7 Å². The van der Waals surface area contributed by atoms with E-state index in [1.165, 1.54) is 32.6 Å². The van der Waals surface area contributed by atoms with E-state index in [1.54, 1.807) is 0 Å². The van der Waals surface area contributed by atoms with Gasteiger partial charge in [-0.25, -0.2) is 0 Å². The maximum absolute atomic E-state index is 5.62. The molecule has 90 valence electrons. The van der Waals surface area contributed by atoms with Crippen molar-refractivity contribution in [2.75, 3.05) is 38.6 Å². The number of nitrogens with one attached hydrogen (secondary N) is 1. The Hall–Kier alpha value is 0.750. The minimum absolute atomic E-state index is 0. The molecule has 0 unspecified atom stereocenters. The van der Waals surface area contributed by atoms with Crippen LogP contribution in [0.15, 0.2) is 0 Å². The zero-order valence-corrected chi connectivity index (χ0v) is 10.7. The first kappa shape index (κ1) is 20.2. The molecule has 0 radical (unpaired) electrons. The molecule has 0 aromatic carbocycles. The molecule has 0 amide bonds. The van der Waals surface area contributed by atoms with Crippen LogP contribution < -0.4 is 5.32 Å². The van der Waals surface area contributed by atoms with E-state index in [-0.39, 0.29) is 30.3 Å². The first-order valence-electron chi connectivity index (χ1n) is 4.42. The van der Waals surface area contributed by atoms with Gasteiger partial charge in [-0.15, -0.1) is 36.4 Å². The Labute approximate surface area is 104 Å². The molecule has 1 rings (SSSR count). The second kappa shape index (κ2) is 13.8. The van der Waals surface area contributed by atoms with Crippen LogP contribution in [0.3, 0.4) is 0 Å². The normalized spacial score (nSPS) is 16.9. The lowest BCUT2D eigenvalue weighted by Crippen LogP contribution is -2.29. The average molecular weight is 268 g/mol. The minimum atomic E-state index is 0. The summed E-state index contributed by atoms with van der Waals surface area (Å²) in [5, 5.41) is 3.38. The van der Waals surface area contributed by atoms with Crippen molar-refractivity contribution in [2.24, 2.45) is 0 Å². The van der Waals surface area contributed by atoms with Gasteiger partial charge in [-0.3, -0.25) is 0 Å². The van der Waals surface area contributed by atoms with Crippen molar-refractivity contribution in [2.45, 2.75) is 12.8 Å². The molecule has 6 heteroatoms. The van der Waals surface area contributed by atoms with Gasteiger partial charge in [0.05, 0.1) is 0 Å². The SMILES string of the molecule is Cl.Cl.ClCCCN1CCCNCC1.O. The first-order valence-corrected chi connectivity index (χ1v) is 4.96. The van der Waals surface area contributed by atoms with Crippen molar-refractivity contribution in [1.29, 1.82) is 0 Å². The van der Waals surface area contributed by atoms with Crippen LogP contribution in [-0.4, -0.2) is 49.0 Å². The highest BCUT2D eigenvalue weighted by Gasteiger charge is 2.06. The van der Waals surface area contributed by atoms with Gasteiger partial charge in [0.15, 0.2) is 0 Å². The van der Waals surface area contributed by atoms with Crippen LogP contribution in [-0.2, 0) is 0 Å². The summed E-state index contributed by atoms with van der Waals surface area (Å²) in [5.74, 6) is 0.796. The smallest absolute Gasteiger partial charge is 0.0235 e. The maximum Gasteiger partial charge on any atom is 0.0235 e. The highest BCUT2D eigenvalue weighted by Crippen LogP contribution is 1.97. The average Bonchev–Trinajstić information content (AvgIpc) is 2.28. The fourth-order valence-corrected chi connectivity index (χ4v) is 1.53. The third-order valence-electron chi connectivity index (χ3n) is 2.04. The van der Waals surface area contributed by atoms with Crippen LogP contribution in [0.5, 0.6) is 0 Å². The number of hydrogen-bond donors (Lipinski definition) is 1. The van der Waals surface area contributed by atoms with E-state index in [0.717, 1.165) is 18.8 Å². The number of halogens is 3. The molecule has 0 atom stereocenters. The van der Waals surface area contributed by atoms with E-state index in [2.05, 4.69) is 10.2 Å². The Balaban J connectivity index is -0.000000403. The van der Waals surface area contributed by atoms with Gasteiger partial charge in [0.2, 0.25) is 0 Å². The summed E-state index contributed by atoms with van der Waals surface area (Å²) in [7, 11) is 0. The lowest BCUT2D eigenvalue weighted by molar-refractivity contribution is 0.294. The minimum Gasteiger partial charge on any atom is -0.412 e. The Morgan fingerprint density at radius 1 is 1.14 bits per heavy atom. The highest BCUT2D eigenvalue weighted by atomic mass is 35.5. The van der Waals surface area contributed by atoms with Gasteiger partial charge in [0.1, 0.15) is 0 Å². The van der Waals surface area contributed by atoms with Crippen LogP contribution in [0.25, 0.3) is 0 Å². The summed E-state index contributed by atoms with van der Waals surface area (Å²) >= 11 is 5.62. The predicted molar refractivity (Wildman–Crippen MR) is 67.4 cm³/mol. The summed E-state index contributed by atoms with van der Waals surface area (Å²) in [4.78, 5) is 2.49. The fraction of sp³-hybridized carbons (Fsp3) is 1.00. The molecule has 1 saturated heterocycles. The lowest BCUT2D eigenvalue weighted by atomic mass is 10.3. The highest BCUT2D eigenvalue weighted by molar-refractivity contribution is 6.17. The second-order valence-electron chi connectivity index (χ2n) is 2.99. The van der Waals surface area contributed by atoms with Crippen molar-refractivity contribution >= 4 is 36.4 Å². The molecule has 3 N–H and O–H groups in total. The predicted octanol–water partition coefficient (Wildman–Crippen LogP) is 0.929. The monoisotopic (exact) mass is 266 g/mol. The molecule has 1 aliphatic heterocycles. The van der Waals surface area contributed by atoms with E-state index in [1.807, 2.05) is 0 Å². The molecular formula is C8H21Cl3N2O. The van der Waals surface area contributed by atoms with Crippen LogP contribution in [0, 0.1) is 0 Å². The van der Waals surface area contributed by atoms with Gasteiger partial charge in [-0.1, -0.05) is 0 Å². The fourth-order valence-electron chi connectivity index (χ4n) is 1.41. The number of nitrogens with zero attached hydrogens (tertiary/aromatic N) is 1. The number of rotatable bonds is 3. The molecular weight excluding hydrogens is 246 g/mol. The summed E-state index contributed by atoms with van der Waals surface area (Å²) in [6.07, 6.45) is 2.41.